The molecule has 6 aliphatic heterocycles. The Labute approximate surface area is 246 Å². The molecule has 0 spiro atoms. The van der Waals surface area contributed by atoms with Crippen molar-refractivity contribution in [1.82, 2.24) is 31.9 Å². The normalized spacial score (nSPS) is 57.6. The van der Waals surface area contributed by atoms with Gasteiger partial charge in [-0.1, -0.05) is 0 Å². The highest BCUT2D eigenvalue weighted by molar-refractivity contribution is 5.73. The van der Waals surface area contributed by atoms with Gasteiger partial charge in [-0.05, 0) is 144 Å². The van der Waals surface area contributed by atoms with Crippen molar-refractivity contribution in [2.24, 2.45) is 47.3 Å². The van der Waals surface area contributed by atoms with Crippen LogP contribution in [0.25, 0.3) is 0 Å². The van der Waals surface area contributed by atoms with Crippen LogP contribution in [0.4, 0.5) is 0 Å². The van der Waals surface area contributed by atoms with Crippen LogP contribution < -0.4 is 31.9 Å². The molecule has 0 amide bonds. The van der Waals surface area contributed by atoms with Gasteiger partial charge in [-0.15, -0.1) is 0 Å². The van der Waals surface area contributed by atoms with Crippen LogP contribution in [-0.4, -0.2) is 72.2 Å². The van der Waals surface area contributed by atoms with Gasteiger partial charge in [-0.25, -0.2) is 0 Å². The molecule has 41 heavy (non-hydrogen) atoms. The van der Waals surface area contributed by atoms with Crippen molar-refractivity contribution in [1.29, 1.82) is 0 Å². The van der Waals surface area contributed by atoms with Crippen molar-refractivity contribution in [3.05, 3.63) is 0 Å². The van der Waals surface area contributed by atoms with E-state index in [1.807, 2.05) is 0 Å². The monoisotopic (exact) mass is 566 g/mol. The summed E-state index contributed by atoms with van der Waals surface area (Å²) in [5.41, 5.74) is 0. The number of carboxylic acid groups (broad SMARTS) is 1. The van der Waals surface area contributed by atoms with Crippen molar-refractivity contribution in [2.45, 2.75) is 145 Å². The maximum absolute atomic E-state index is 11.9. The van der Waals surface area contributed by atoms with Crippen molar-refractivity contribution in [3.8, 4) is 0 Å². The second-order valence-corrected chi connectivity index (χ2v) is 16.3. The lowest BCUT2D eigenvalue weighted by Gasteiger charge is -2.61. The fourth-order valence-corrected chi connectivity index (χ4v) is 12.6. The number of carboxylic acids is 1. The zero-order chi connectivity index (χ0) is 27.2. The standard InChI is InChI=1S/C33H54N6O2/c40-33(41)24-10-9-16-3-4-20-14-23-15-21-8-6-18-12-17-5-7-19-13-22-2-1-11-34-31(22)37-29(19)26(17)36-27(18)30(21)39-32(23)38-28(20)25(16)35-24/h16-32,34-39H,1-15H2,(H,40,41). The van der Waals surface area contributed by atoms with Gasteiger partial charge < -0.3 is 15.7 Å². The minimum Gasteiger partial charge on any atom is -0.480 e. The van der Waals surface area contributed by atoms with Crippen molar-refractivity contribution in [2.75, 3.05) is 6.54 Å². The Morgan fingerprint density at radius 3 is 1.54 bits per heavy atom. The topological polar surface area (TPSA) is 109 Å². The van der Waals surface area contributed by atoms with Crippen LogP contribution in [0.3, 0.4) is 0 Å². The Bertz CT molecular complexity index is 1010. The molecule has 9 rings (SSSR count). The van der Waals surface area contributed by atoms with Crippen LogP contribution in [0.2, 0.25) is 0 Å². The highest BCUT2D eigenvalue weighted by Crippen LogP contribution is 2.50. The highest BCUT2D eigenvalue weighted by atomic mass is 16.4. The smallest absolute Gasteiger partial charge is 0.320 e. The molecule has 0 bridgehead atoms. The van der Waals surface area contributed by atoms with Crippen molar-refractivity contribution < 1.29 is 9.90 Å². The molecule has 8 heteroatoms. The molecule has 7 N–H and O–H groups in total. The van der Waals surface area contributed by atoms with Gasteiger partial charge in [0.1, 0.15) is 6.04 Å². The van der Waals surface area contributed by atoms with Gasteiger partial charge in [-0.2, -0.15) is 0 Å². The summed E-state index contributed by atoms with van der Waals surface area (Å²) in [6, 6.07) is 2.76. The Balaban J connectivity index is 0.918. The predicted molar refractivity (Wildman–Crippen MR) is 158 cm³/mol. The van der Waals surface area contributed by atoms with E-state index in [9.17, 15) is 9.90 Å². The summed E-state index contributed by atoms with van der Waals surface area (Å²) < 4.78 is 0. The number of hydrogen-bond acceptors (Lipinski definition) is 7. The van der Waals surface area contributed by atoms with Crippen molar-refractivity contribution in [3.63, 3.8) is 0 Å². The lowest BCUT2D eigenvalue weighted by atomic mass is 9.58. The van der Waals surface area contributed by atoms with Gasteiger partial charge in [-0.3, -0.25) is 26.1 Å². The number of carbonyl (C=O) groups is 1. The molecule has 17 unspecified atom stereocenters. The number of rotatable bonds is 1. The molecule has 8 nitrogen and oxygen atoms in total. The van der Waals surface area contributed by atoms with E-state index < -0.39 is 5.97 Å². The number of aliphatic carboxylic acids is 1. The summed E-state index contributed by atoms with van der Waals surface area (Å²) in [6.07, 6.45) is 19.3. The van der Waals surface area contributed by atoms with Crippen LogP contribution in [0.5, 0.6) is 0 Å². The summed E-state index contributed by atoms with van der Waals surface area (Å²) >= 11 is 0. The molecule has 0 radical (unpaired) electrons. The lowest BCUT2D eigenvalue weighted by molar-refractivity contribution is -0.141. The van der Waals surface area contributed by atoms with Crippen molar-refractivity contribution >= 4 is 5.97 Å². The second-order valence-electron chi connectivity index (χ2n) is 16.3. The molecular weight excluding hydrogens is 512 g/mol. The van der Waals surface area contributed by atoms with Crippen LogP contribution in [0, 0.1) is 47.3 Å². The van der Waals surface area contributed by atoms with E-state index in [1.54, 1.807) is 0 Å². The molecule has 0 aromatic heterocycles. The second kappa shape index (κ2) is 10.4. The largest absolute Gasteiger partial charge is 0.480 e. The van der Waals surface area contributed by atoms with E-state index >= 15 is 0 Å². The Hall–Kier alpha value is -0.770. The fourth-order valence-electron chi connectivity index (χ4n) is 12.6. The van der Waals surface area contributed by atoms with E-state index in [1.165, 1.54) is 83.6 Å². The molecule has 228 valence electrons. The number of hydrogen-bond donors (Lipinski definition) is 7. The molecule has 0 aromatic carbocycles. The molecule has 9 aliphatic rings. The third-order valence-electron chi connectivity index (χ3n) is 14.4. The average Bonchev–Trinajstić information content (AvgIpc) is 3.00. The predicted octanol–water partition coefficient (Wildman–Crippen LogP) is 2.35. The van der Waals surface area contributed by atoms with Gasteiger partial charge in [0.05, 0.1) is 12.3 Å². The summed E-state index contributed by atoms with van der Waals surface area (Å²) in [6.45, 7) is 1.18. The minimum atomic E-state index is -0.667. The third-order valence-corrected chi connectivity index (χ3v) is 14.4. The first kappa shape index (κ1) is 26.6. The molecule has 3 aliphatic carbocycles. The van der Waals surface area contributed by atoms with E-state index in [4.69, 9.17) is 0 Å². The zero-order valence-electron chi connectivity index (χ0n) is 24.8. The first-order valence-electron chi connectivity index (χ1n) is 17.9. The molecule has 3 saturated carbocycles. The number of piperidine rings is 6. The van der Waals surface area contributed by atoms with E-state index in [-0.39, 0.29) is 6.04 Å². The highest BCUT2D eigenvalue weighted by Gasteiger charge is 2.56. The van der Waals surface area contributed by atoms with E-state index in [0.717, 1.165) is 42.4 Å². The quantitative estimate of drug-likeness (QED) is 0.259. The van der Waals surface area contributed by atoms with Gasteiger partial charge in [0, 0.05) is 36.3 Å². The number of nitrogens with one attached hydrogen (secondary N) is 6. The summed E-state index contributed by atoms with van der Waals surface area (Å²) in [5, 5.41) is 34.2. The van der Waals surface area contributed by atoms with Crippen LogP contribution in [-0.2, 0) is 4.79 Å². The minimum absolute atomic E-state index is 0.311. The maximum atomic E-state index is 11.9. The molecule has 0 aromatic rings. The Morgan fingerprint density at radius 2 is 0.927 bits per heavy atom. The molecule has 6 saturated heterocycles. The summed E-state index contributed by atoms with van der Waals surface area (Å²) in [4.78, 5) is 11.9. The Kier molecular flexibility index (Phi) is 6.76. The zero-order valence-corrected chi connectivity index (χ0v) is 24.8. The van der Waals surface area contributed by atoms with Crippen LogP contribution >= 0.6 is 0 Å². The van der Waals surface area contributed by atoms with E-state index in [2.05, 4.69) is 31.9 Å². The average molecular weight is 567 g/mol. The van der Waals surface area contributed by atoms with Crippen LogP contribution in [0.15, 0.2) is 0 Å². The molecular formula is C33H54N6O2. The first-order chi connectivity index (χ1) is 20.1. The SMILES string of the molecule is O=C(O)C1CCC2CCC3CC4CC5CCC6CC7CCC8CC9CCCNC9NC8C7NC6C5NC4NC3C2N1. The Morgan fingerprint density at radius 1 is 0.463 bits per heavy atom. The lowest BCUT2D eigenvalue weighted by Crippen LogP contribution is -2.77. The molecule has 17 atom stereocenters. The summed E-state index contributed by atoms with van der Waals surface area (Å²) in [5.74, 6) is 5.49. The van der Waals surface area contributed by atoms with Crippen LogP contribution in [0.1, 0.15) is 89.9 Å². The third kappa shape index (κ3) is 4.48. The maximum Gasteiger partial charge on any atom is 0.320 e. The first-order valence-corrected chi connectivity index (χ1v) is 17.9. The fraction of sp³-hybridized carbons (Fsp3) is 0.970. The van der Waals surface area contributed by atoms with E-state index in [0.29, 0.717) is 66.3 Å². The molecule has 9 fully saturated rings. The van der Waals surface area contributed by atoms with Gasteiger partial charge in [0.25, 0.3) is 0 Å². The van der Waals surface area contributed by atoms with Gasteiger partial charge in [0.2, 0.25) is 0 Å². The van der Waals surface area contributed by atoms with Gasteiger partial charge >= 0.3 is 5.97 Å². The number of fused-ring (bicyclic) bond motifs is 11. The molecule has 6 heterocycles. The summed E-state index contributed by atoms with van der Waals surface area (Å²) in [7, 11) is 0. The van der Waals surface area contributed by atoms with Gasteiger partial charge in [0.15, 0.2) is 0 Å².